The number of benzene rings is 1. The fourth-order valence-electron chi connectivity index (χ4n) is 4.73. The molecule has 3 fully saturated rings. The third-order valence-corrected chi connectivity index (χ3v) is 6.40. The molecule has 0 aromatic heterocycles. The Morgan fingerprint density at radius 3 is 2.58 bits per heavy atom. The van der Waals surface area contributed by atoms with Gasteiger partial charge in [-0.15, -0.1) is 0 Å². The molecule has 1 spiro atoms. The maximum Gasteiger partial charge on any atom is 0.306 e. The Kier molecular flexibility index (Phi) is 3.66. The molecule has 24 heavy (non-hydrogen) atoms. The second-order valence-corrected chi connectivity index (χ2v) is 8.07. The maximum atomic E-state index is 12.7. The van der Waals surface area contributed by atoms with E-state index in [0.29, 0.717) is 25.0 Å². The van der Waals surface area contributed by atoms with Crippen LogP contribution in [0.15, 0.2) is 24.3 Å². The van der Waals surface area contributed by atoms with Gasteiger partial charge in [0.15, 0.2) is 0 Å². The van der Waals surface area contributed by atoms with E-state index in [-0.39, 0.29) is 23.2 Å². The second-order valence-electron chi connectivity index (χ2n) is 8.07. The van der Waals surface area contributed by atoms with E-state index in [4.69, 9.17) is 4.74 Å². The van der Waals surface area contributed by atoms with E-state index in [1.54, 1.807) is 0 Å². The predicted molar refractivity (Wildman–Crippen MR) is 90.4 cm³/mol. The highest BCUT2D eigenvalue weighted by Gasteiger charge is 2.53. The van der Waals surface area contributed by atoms with Crippen molar-refractivity contribution in [3.8, 4) is 0 Å². The Morgan fingerprint density at radius 2 is 1.96 bits per heavy atom. The van der Waals surface area contributed by atoms with Crippen LogP contribution in [-0.2, 0) is 14.3 Å². The van der Waals surface area contributed by atoms with Crippen molar-refractivity contribution in [2.75, 3.05) is 13.7 Å². The zero-order valence-corrected chi connectivity index (χ0v) is 14.5. The van der Waals surface area contributed by atoms with Crippen LogP contribution in [0.3, 0.4) is 0 Å². The summed E-state index contributed by atoms with van der Waals surface area (Å²) in [7, 11) is 1.95. The quantitative estimate of drug-likeness (QED) is 0.802. The summed E-state index contributed by atoms with van der Waals surface area (Å²) in [6.07, 6.45) is 4.25. The second kappa shape index (κ2) is 5.61. The first-order valence-electron chi connectivity index (χ1n) is 8.95. The Bertz CT molecular complexity index is 671. The fourth-order valence-corrected chi connectivity index (χ4v) is 4.73. The third-order valence-electron chi connectivity index (χ3n) is 6.40. The van der Waals surface area contributed by atoms with E-state index in [2.05, 4.69) is 31.2 Å². The number of esters is 1. The molecule has 4 nitrogen and oxygen atoms in total. The van der Waals surface area contributed by atoms with Gasteiger partial charge in [-0.1, -0.05) is 24.3 Å². The average Bonchev–Trinajstić information content (AvgIpc) is 2.87. The summed E-state index contributed by atoms with van der Waals surface area (Å²) in [6.45, 7) is 2.68. The van der Waals surface area contributed by atoms with Crippen molar-refractivity contribution in [3.63, 3.8) is 0 Å². The van der Waals surface area contributed by atoms with Gasteiger partial charge >= 0.3 is 5.97 Å². The summed E-state index contributed by atoms with van der Waals surface area (Å²) < 4.78 is 5.09. The lowest BCUT2D eigenvalue weighted by molar-refractivity contribution is -0.146. The number of amides is 1. The number of carbonyl (C=O) groups excluding carboxylic acids is 2. The molecule has 0 radical (unpaired) electrons. The van der Waals surface area contributed by atoms with Gasteiger partial charge in [0, 0.05) is 24.4 Å². The molecular weight excluding hydrogens is 302 g/mol. The molecule has 2 saturated carbocycles. The van der Waals surface area contributed by atoms with Crippen molar-refractivity contribution in [1.82, 2.24) is 4.90 Å². The number of carbonyl (C=O) groups is 2. The Balaban J connectivity index is 1.30. The van der Waals surface area contributed by atoms with Gasteiger partial charge in [-0.25, -0.2) is 0 Å². The van der Waals surface area contributed by atoms with Gasteiger partial charge in [0.25, 0.3) is 0 Å². The molecule has 0 N–H and O–H groups in total. The highest BCUT2D eigenvalue weighted by molar-refractivity contribution is 5.81. The third kappa shape index (κ3) is 2.52. The zero-order valence-electron chi connectivity index (χ0n) is 14.5. The fraction of sp³-hybridized carbons (Fsp3) is 0.600. The topological polar surface area (TPSA) is 46.6 Å². The summed E-state index contributed by atoms with van der Waals surface area (Å²) in [5.74, 6) is 0.824. The van der Waals surface area contributed by atoms with Crippen LogP contribution in [0.2, 0.25) is 0 Å². The summed E-state index contributed by atoms with van der Waals surface area (Å²) in [6, 6.07) is 8.92. The van der Waals surface area contributed by atoms with Crippen molar-refractivity contribution in [3.05, 3.63) is 35.4 Å². The molecule has 1 heterocycles. The van der Waals surface area contributed by atoms with E-state index in [0.717, 1.165) is 25.7 Å². The molecule has 1 aromatic rings. The zero-order chi connectivity index (χ0) is 16.9. The number of cyclic esters (lactones) is 1. The van der Waals surface area contributed by atoms with Crippen LogP contribution < -0.4 is 0 Å². The van der Waals surface area contributed by atoms with Gasteiger partial charge in [-0.2, -0.15) is 0 Å². The minimum Gasteiger partial charge on any atom is -0.465 e. The predicted octanol–water partition coefficient (Wildman–Crippen LogP) is 3.04. The van der Waals surface area contributed by atoms with Crippen LogP contribution in [0.5, 0.6) is 0 Å². The number of hydrogen-bond donors (Lipinski definition) is 0. The monoisotopic (exact) mass is 327 g/mol. The van der Waals surface area contributed by atoms with Crippen LogP contribution in [-0.4, -0.2) is 36.5 Å². The molecule has 0 atom stereocenters. The minimum absolute atomic E-state index is 0.0262. The number of nitrogens with zero attached hydrogens (tertiary/aromatic N) is 1. The molecule has 1 aromatic carbocycles. The average molecular weight is 327 g/mol. The molecule has 3 aliphatic rings. The number of hydrogen-bond acceptors (Lipinski definition) is 3. The molecular formula is C20H25NO3. The van der Waals surface area contributed by atoms with Crippen LogP contribution in [0.1, 0.15) is 49.1 Å². The van der Waals surface area contributed by atoms with Gasteiger partial charge in [0.2, 0.25) is 5.91 Å². The van der Waals surface area contributed by atoms with Crippen LogP contribution in [0.4, 0.5) is 0 Å². The largest absolute Gasteiger partial charge is 0.465 e. The van der Waals surface area contributed by atoms with Crippen molar-refractivity contribution in [2.45, 2.75) is 51.0 Å². The van der Waals surface area contributed by atoms with E-state index in [9.17, 15) is 9.59 Å². The Hall–Kier alpha value is -1.84. The van der Waals surface area contributed by atoms with Crippen molar-refractivity contribution in [1.29, 1.82) is 0 Å². The molecule has 1 aliphatic heterocycles. The number of ether oxygens (including phenoxy) is 1. The van der Waals surface area contributed by atoms with Gasteiger partial charge in [-0.05, 0) is 49.7 Å². The highest BCUT2D eigenvalue weighted by atomic mass is 16.5. The van der Waals surface area contributed by atoms with Gasteiger partial charge in [-0.3, -0.25) is 9.59 Å². The number of aryl methyl sites for hydroxylation is 1. The molecule has 1 saturated heterocycles. The standard InChI is InChI=1S/C20H25NO3/c1-13-5-3-4-6-17(13)14-7-16(8-14)21(2)19(23)15-9-20(10-15)11-18(22)24-12-20/h3-6,14-16H,7-12H2,1-2H3. The molecule has 0 bridgehead atoms. The van der Waals surface area contributed by atoms with Crippen molar-refractivity contribution in [2.24, 2.45) is 11.3 Å². The van der Waals surface area contributed by atoms with Crippen molar-refractivity contribution < 1.29 is 14.3 Å². The summed E-state index contributed by atoms with van der Waals surface area (Å²) in [5, 5.41) is 0. The molecule has 0 unspecified atom stereocenters. The van der Waals surface area contributed by atoms with Crippen LogP contribution in [0.25, 0.3) is 0 Å². The SMILES string of the molecule is Cc1ccccc1C1CC(N(C)C(=O)C2CC3(COC(=O)C3)C2)C1. The molecule has 1 amide bonds. The van der Waals surface area contributed by atoms with E-state index >= 15 is 0 Å². The first-order chi connectivity index (χ1) is 11.5. The Labute approximate surface area is 143 Å². The summed E-state index contributed by atoms with van der Waals surface area (Å²) >= 11 is 0. The number of rotatable bonds is 3. The molecule has 4 heteroatoms. The normalized spacial score (nSPS) is 34.4. The smallest absolute Gasteiger partial charge is 0.306 e. The van der Waals surface area contributed by atoms with Crippen LogP contribution >= 0.6 is 0 Å². The minimum atomic E-state index is -0.102. The van der Waals surface area contributed by atoms with Gasteiger partial charge in [0.1, 0.15) is 0 Å². The van der Waals surface area contributed by atoms with E-state index < -0.39 is 0 Å². The first kappa shape index (κ1) is 15.7. The Morgan fingerprint density at radius 1 is 1.25 bits per heavy atom. The molecule has 4 rings (SSSR count). The van der Waals surface area contributed by atoms with Crippen LogP contribution in [0, 0.1) is 18.3 Å². The van der Waals surface area contributed by atoms with Gasteiger partial charge in [0.05, 0.1) is 13.0 Å². The van der Waals surface area contributed by atoms with Gasteiger partial charge < -0.3 is 9.64 Å². The lowest BCUT2D eigenvalue weighted by atomic mass is 9.61. The summed E-state index contributed by atoms with van der Waals surface area (Å²) in [4.78, 5) is 26.0. The first-order valence-corrected chi connectivity index (χ1v) is 8.95. The highest BCUT2D eigenvalue weighted by Crippen LogP contribution is 2.52. The maximum absolute atomic E-state index is 12.7. The summed E-state index contributed by atoms with van der Waals surface area (Å²) in [5.41, 5.74) is 2.75. The molecule has 128 valence electrons. The molecule has 2 aliphatic carbocycles. The lowest BCUT2D eigenvalue weighted by Gasteiger charge is -2.47. The van der Waals surface area contributed by atoms with Crippen molar-refractivity contribution >= 4 is 11.9 Å². The van der Waals surface area contributed by atoms with E-state index in [1.165, 1.54) is 11.1 Å². The lowest BCUT2D eigenvalue weighted by Crippen LogP contribution is -2.52. The van der Waals surface area contributed by atoms with E-state index in [1.807, 2.05) is 11.9 Å².